The third kappa shape index (κ3) is 13.8. The highest BCUT2D eigenvalue weighted by molar-refractivity contribution is 5.51. The molecule has 0 aliphatic heterocycles. The van der Waals surface area contributed by atoms with Gasteiger partial charge in [0.1, 0.15) is 6.23 Å². The van der Waals surface area contributed by atoms with Crippen molar-refractivity contribution in [1.82, 2.24) is 0 Å². The molecular weight excluding hydrogens is 354 g/mol. The number of hydrogen-bond donors (Lipinski definition) is 1. The molecule has 0 heterocycles. The summed E-state index contributed by atoms with van der Waals surface area (Å²) in [7, 11) is 0. The monoisotopic (exact) mass is 403 g/mol. The Labute approximate surface area is 182 Å². The number of benzene rings is 1. The topological polar surface area (TPSA) is 21.3 Å². The first-order valence-electron chi connectivity index (χ1n) is 12.8. The summed E-state index contributed by atoms with van der Waals surface area (Å²) >= 11 is 0. The van der Waals surface area contributed by atoms with E-state index in [1.54, 1.807) is 0 Å². The Bertz CT molecular complexity index is 455. The molecule has 1 aromatic rings. The third-order valence-corrected chi connectivity index (χ3v) is 5.74. The van der Waals surface area contributed by atoms with Crippen molar-refractivity contribution in [2.24, 2.45) is 0 Å². The number of rotatable bonds is 20. The molecule has 0 aliphatic rings. The lowest BCUT2D eigenvalue weighted by atomic mass is 10.1. The molecule has 168 valence electrons. The molecule has 0 aromatic heterocycles. The second kappa shape index (κ2) is 19.0. The molecule has 0 amide bonds. The largest absolute Gasteiger partial charge is 0.360 e. The Kier molecular flexibility index (Phi) is 17.0. The highest BCUT2D eigenvalue weighted by Crippen LogP contribution is 2.20. The van der Waals surface area contributed by atoms with E-state index < -0.39 is 0 Å². The van der Waals surface area contributed by atoms with Gasteiger partial charge in [0.2, 0.25) is 0 Å². The summed E-state index contributed by atoms with van der Waals surface area (Å²) in [6, 6.07) is 8.76. The van der Waals surface area contributed by atoms with Crippen LogP contribution in [0.5, 0.6) is 0 Å². The molecule has 2 heteroatoms. The fraction of sp³-hybridized carbons (Fsp3) is 0.778. The van der Waals surface area contributed by atoms with Crippen molar-refractivity contribution in [1.29, 1.82) is 0 Å². The summed E-state index contributed by atoms with van der Waals surface area (Å²) in [6.07, 6.45) is 21.0. The maximum Gasteiger partial charge on any atom is 0.127 e. The van der Waals surface area contributed by atoms with E-state index in [9.17, 15) is 0 Å². The Morgan fingerprint density at radius 2 is 1.28 bits per heavy atom. The fourth-order valence-electron chi connectivity index (χ4n) is 3.91. The van der Waals surface area contributed by atoms with E-state index in [1.807, 2.05) is 0 Å². The zero-order chi connectivity index (χ0) is 21.0. The van der Waals surface area contributed by atoms with Crippen molar-refractivity contribution in [3.8, 4) is 0 Å². The van der Waals surface area contributed by atoms with Gasteiger partial charge in [-0.1, -0.05) is 116 Å². The van der Waals surface area contributed by atoms with Crippen LogP contribution in [0, 0.1) is 0 Å². The first-order valence-corrected chi connectivity index (χ1v) is 12.8. The van der Waals surface area contributed by atoms with Crippen molar-refractivity contribution in [2.45, 2.75) is 130 Å². The second-order valence-corrected chi connectivity index (χ2v) is 8.59. The average molecular weight is 404 g/mol. The van der Waals surface area contributed by atoms with Crippen molar-refractivity contribution in [3.63, 3.8) is 0 Å². The normalized spacial score (nSPS) is 12.2. The molecule has 29 heavy (non-hydrogen) atoms. The zero-order valence-corrected chi connectivity index (χ0v) is 19.8. The van der Waals surface area contributed by atoms with E-state index in [0.29, 0.717) is 0 Å². The lowest BCUT2D eigenvalue weighted by Gasteiger charge is -2.22. The van der Waals surface area contributed by atoms with Gasteiger partial charge < -0.3 is 10.1 Å². The van der Waals surface area contributed by atoms with Crippen LogP contribution in [0.2, 0.25) is 0 Å². The lowest BCUT2D eigenvalue weighted by molar-refractivity contribution is 0.0616. The summed E-state index contributed by atoms with van der Waals surface area (Å²) in [6.45, 7) is 7.70. The number of hydrogen-bond acceptors (Lipinski definition) is 2. The van der Waals surface area contributed by atoms with Crippen LogP contribution < -0.4 is 5.32 Å². The summed E-state index contributed by atoms with van der Waals surface area (Å²) < 4.78 is 6.32. The molecule has 2 nitrogen and oxygen atoms in total. The van der Waals surface area contributed by atoms with Crippen LogP contribution in [-0.2, 0) is 11.2 Å². The minimum absolute atomic E-state index is 0.152. The Hall–Kier alpha value is -1.02. The second-order valence-electron chi connectivity index (χ2n) is 8.59. The number of para-hydroxylation sites is 1. The van der Waals surface area contributed by atoms with Gasteiger partial charge in [-0.25, -0.2) is 0 Å². The quantitative estimate of drug-likeness (QED) is 0.173. The van der Waals surface area contributed by atoms with Crippen molar-refractivity contribution in [2.75, 3.05) is 11.9 Å². The van der Waals surface area contributed by atoms with Crippen LogP contribution in [0.3, 0.4) is 0 Å². The molecule has 1 N–H and O–H groups in total. The molecule has 1 atom stereocenters. The van der Waals surface area contributed by atoms with Crippen LogP contribution in [0.25, 0.3) is 0 Å². The van der Waals surface area contributed by atoms with Crippen LogP contribution in [0.15, 0.2) is 24.3 Å². The van der Waals surface area contributed by atoms with Crippen LogP contribution >= 0.6 is 0 Å². The summed E-state index contributed by atoms with van der Waals surface area (Å²) in [5, 5.41) is 3.73. The zero-order valence-electron chi connectivity index (χ0n) is 19.8. The van der Waals surface area contributed by atoms with Crippen LogP contribution in [0.4, 0.5) is 5.69 Å². The molecule has 1 rings (SSSR count). The van der Waals surface area contributed by atoms with E-state index in [1.165, 1.54) is 101 Å². The van der Waals surface area contributed by atoms with Gasteiger partial charge in [-0.05, 0) is 37.3 Å². The van der Waals surface area contributed by atoms with Gasteiger partial charge >= 0.3 is 0 Å². The molecule has 0 saturated carbocycles. The highest BCUT2D eigenvalue weighted by atomic mass is 16.5. The van der Waals surface area contributed by atoms with Gasteiger partial charge in [-0.2, -0.15) is 0 Å². The maximum atomic E-state index is 6.32. The Morgan fingerprint density at radius 1 is 0.690 bits per heavy atom. The predicted molar refractivity (Wildman–Crippen MR) is 130 cm³/mol. The van der Waals surface area contributed by atoms with Gasteiger partial charge in [0, 0.05) is 12.3 Å². The summed E-state index contributed by atoms with van der Waals surface area (Å²) in [4.78, 5) is 0. The van der Waals surface area contributed by atoms with Gasteiger partial charge in [0.25, 0.3) is 0 Å². The van der Waals surface area contributed by atoms with Gasteiger partial charge in [0.05, 0.1) is 0 Å². The molecule has 0 fully saturated rings. The Balaban J connectivity index is 2.41. The molecule has 0 radical (unpaired) electrons. The first kappa shape index (κ1) is 26.0. The number of unbranched alkanes of at least 4 members (excludes halogenated alkanes) is 11. The summed E-state index contributed by atoms with van der Waals surface area (Å²) in [5.41, 5.74) is 2.69. The fourth-order valence-corrected chi connectivity index (χ4v) is 3.91. The number of ether oxygens (including phenoxy) is 1. The van der Waals surface area contributed by atoms with E-state index in [4.69, 9.17) is 4.74 Å². The average Bonchev–Trinajstić information content (AvgIpc) is 2.73. The number of aryl methyl sites for hydroxylation is 1. The first-order chi connectivity index (χ1) is 14.3. The molecular formula is C27H49NO. The van der Waals surface area contributed by atoms with E-state index >= 15 is 0 Å². The SMILES string of the molecule is CCCCCCCCCC(Nc1ccccc1CCC)OCCCCCCCC. The van der Waals surface area contributed by atoms with Gasteiger partial charge in [0.15, 0.2) is 0 Å². The molecule has 1 aromatic carbocycles. The number of anilines is 1. The highest BCUT2D eigenvalue weighted by Gasteiger charge is 2.11. The van der Waals surface area contributed by atoms with Gasteiger partial charge in [-0.15, -0.1) is 0 Å². The van der Waals surface area contributed by atoms with Gasteiger partial charge in [-0.3, -0.25) is 0 Å². The standard InChI is InChI=1S/C27H49NO/c1-4-7-9-11-13-14-16-23-27(29-24-19-15-12-10-8-5-2)28-26-22-18-17-21-25(26)20-6-3/h17-18,21-22,27-28H,4-16,19-20,23-24H2,1-3H3. The minimum atomic E-state index is 0.152. The summed E-state index contributed by atoms with van der Waals surface area (Å²) in [5.74, 6) is 0. The lowest BCUT2D eigenvalue weighted by Crippen LogP contribution is -2.24. The van der Waals surface area contributed by atoms with Crippen molar-refractivity contribution >= 4 is 5.69 Å². The van der Waals surface area contributed by atoms with E-state index in [2.05, 4.69) is 50.4 Å². The van der Waals surface area contributed by atoms with E-state index in [-0.39, 0.29) is 6.23 Å². The molecule has 0 bridgehead atoms. The smallest absolute Gasteiger partial charge is 0.127 e. The predicted octanol–water partition coefficient (Wildman–Crippen LogP) is 8.89. The van der Waals surface area contributed by atoms with Crippen molar-refractivity contribution < 1.29 is 4.74 Å². The molecule has 0 aliphatic carbocycles. The van der Waals surface area contributed by atoms with Crippen LogP contribution in [0.1, 0.15) is 123 Å². The molecule has 0 spiro atoms. The molecule has 1 unspecified atom stereocenters. The maximum absolute atomic E-state index is 6.32. The van der Waals surface area contributed by atoms with Crippen LogP contribution in [-0.4, -0.2) is 12.8 Å². The number of nitrogens with one attached hydrogen (secondary N) is 1. The van der Waals surface area contributed by atoms with E-state index in [0.717, 1.165) is 19.4 Å². The minimum Gasteiger partial charge on any atom is -0.360 e. The Morgan fingerprint density at radius 3 is 1.93 bits per heavy atom. The third-order valence-electron chi connectivity index (χ3n) is 5.74. The van der Waals surface area contributed by atoms with Crippen molar-refractivity contribution in [3.05, 3.63) is 29.8 Å². The molecule has 0 saturated heterocycles.